The number of para-hydroxylation sites is 1. The van der Waals surface area contributed by atoms with Crippen LogP contribution in [0.4, 0.5) is 0 Å². The molecule has 0 bridgehead atoms. The number of aromatic nitrogens is 2. The van der Waals surface area contributed by atoms with Crippen LogP contribution in [-0.2, 0) is 4.79 Å². The molecule has 0 radical (unpaired) electrons. The van der Waals surface area contributed by atoms with Gasteiger partial charge in [0.1, 0.15) is 0 Å². The van der Waals surface area contributed by atoms with Gasteiger partial charge in [0.2, 0.25) is 5.91 Å². The molecule has 1 aliphatic carbocycles. The number of benzene rings is 1. The van der Waals surface area contributed by atoms with Gasteiger partial charge < -0.3 is 5.32 Å². The highest BCUT2D eigenvalue weighted by molar-refractivity contribution is 7.99. The summed E-state index contributed by atoms with van der Waals surface area (Å²) in [6.07, 6.45) is 2.99. The summed E-state index contributed by atoms with van der Waals surface area (Å²) in [7, 11) is 0. The number of nitrogens with zero attached hydrogens (tertiary/aromatic N) is 2. The van der Waals surface area contributed by atoms with E-state index >= 15 is 0 Å². The van der Waals surface area contributed by atoms with Crippen molar-refractivity contribution < 1.29 is 4.79 Å². The zero-order valence-corrected chi connectivity index (χ0v) is 14.9. The Morgan fingerprint density at radius 1 is 1.38 bits per heavy atom. The fourth-order valence-electron chi connectivity index (χ4n) is 2.56. The lowest BCUT2D eigenvalue weighted by Gasteiger charge is -2.12. The summed E-state index contributed by atoms with van der Waals surface area (Å²) < 4.78 is 1.77. The van der Waals surface area contributed by atoms with E-state index in [2.05, 4.69) is 24.1 Å². The monoisotopic (exact) mass is 345 g/mol. The van der Waals surface area contributed by atoms with E-state index in [0.29, 0.717) is 28.5 Å². The van der Waals surface area contributed by atoms with Crippen LogP contribution in [0.1, 0.15) is 39.2 Å². The molecular weight excluding hydrogens is 322 g/mol. The normalized spacial score (nSPS) is 14.3. The van der Waals surface area contributed by atoms with Crippen LogP contribution in [0.2, 0.25) is 0 Å². The Kier molecular flexibility index (Phi) is 5.23. The highest BCUT2D eigenvalue weighted by atomic mass is 32.2. The van der Waals surface area contributed by atoms with Crippen molar-refractivity contribution in [3.05, 3.63) is 34.6 Å². The predicted octanol–water partition coefficient (Wildman–Crippen LogP) is 2.99. The fraction of sp³-hybridized carbons (Fsp3) is 0.500. The van der Waals surface area contributed by atoms with Gasteiger partial charge in [-0.25, -0.2) is 4.98 Å². The molecule has 6 heteroatoms. The largest absolute Gasteiger partial charge is 0.355 e. The number of fused-ring (bicyclic) bond motifs is 1. The number of carbonyl (C=O) groups excluding carboxylic acids is 1. The summed E-state index contributed by atoms with van der Waals surface area (Å²) >= 11 is 1.35. The van der Waals surface area contributed by atoms with Gasteiger partial charge in [0.25, 0.3) is 5.56 Å². The quantitative estimate of drug-likeness (QED) is 0.619. The molecule has 24 heavy (non-hydrogen) atoms. The number of hydrogen-bond donors (Lipinski definition) is 1. The van der Waals surface area contributed by atoms with E-state index in [4.69, 9.17) is 0 Å². The van der Waals surface area contributed by atoms with Gasteiger partial charge in [-0.3, -0.25) is 14.2 Å². The van der Waals surface area contributed by atoms with Gasteiger partial charge in [0, 0.05) is 12.6 Å². The van der Waals surface area contributed by atoms with Crippen LogP contribution in [0.25, 0.3) is 10.9 Å². The number of nitrogens with one attached hydrogen (secondary N) is 1. The maximum Gasteiger partial charge on any atom is 0.262 e. The Labute approximate surface area is 145 Å². The minimum atomic E-state index is -0.00888. The fourth-order valence-corrected chi connectivity index (χ4v) is 3.46. The SMILES string of the molecule is CC(C)CCNC(=O)CSc1nc2ccccc2c(=O)n1C1CC1. The minimum Gasteiger partial charge on any atom is -0.355 e. The second-order valence-corrected chi connectivity index (χ2v) is 7.58. The third-order valence-corrected chi connectivity index (χ3v) is 5.02. The third kappa shape index (κ3) is 3.98. The van der Waals surface area contributed by atoms with E-state index in [1.165, 1.54) is 11.8 Å². The van der Waals surface area contributed by atoms with E-state index in [0.717, 1.165) is 19.3 Å². The Hall–Kier alpha value is -1.82. The van der Waals surface area contributed by atoms with Crippen LogP contribution in [0.15, 0.2) is 34.2 Å². The van der Waals surface area contributed by atoms with Crippen molar-refractivity contribution in [2.45, 2.75) is 44.3 Å². The molecule has 1 aromatic carbocycles. The Bertz CT molecular complexity index is 796. The summed E-state index contributed by atoms with van der Waals surface area (Å²) in [5.41, 5.74) is 0.702. The van der Waals surface area contributed by atoms with Crippen molar-refractivity contribution in [2.75, 3.05) is 12.3 Å². The van der Waals surface area contributed by atoms with Crippen molar-refractivity contribution in [3.8, 4) is 0 Å². The van der Waals surface area contributed by atoms with E-state index < -0.39 is 0 Å². The van der Waals surface area contributed by atoms with E-state index in [-0.39, 0.29) is 23.3 Å². The Morgan fingerprint density at radius 2 is 2.12 bits per heavy atom. The summed E-state index contributed by atoms with van der Waals surface area (Å²) in [4.78, 5) is 29.4. The van der Waals surface area contributed by atoms with Crippen molar-refractivity contribution in [2.24, 2.45) is 5.92 Å². The Morgan fingerprint density at radius 3 is 2.83 bits per heavy atom. The molecule has 0 saturated heterocycles. The van der Waals surface area contributed by atoms with Crippen molar-refractivity contribution in [1.29, 1.82) is 0 Å². The number of rotatable bonds is 7. The molecule has 1 aliphatic rings. The first kappa shape index (κ1) is 17.0. The van der Waals surface area contributed by atoms with Gasteiger partial charge in [0.15, 0.2) is 5.16 Å². The van der Waals surface area contributed by atoms with Crippen molar-refractivity contribution in [1.82, 2.24) is 14.9 Å². The molecule has 0 spiro atoms. The van der Waals surface area contributed by atoms with Gasteiger partial charge in [-0.15, -0.1) is 0 Å². The Balaban J connectivity index is 1.75. The average molecular weight is 345 g/mol. The third-order valence-electron chi connectivity index (χ3n) is 4.06. The first-order valence-corrected chi connectivity index (χ1v) is 9.45. The molecule has 1 amide bonds. The van der Waals surface area contributed by atoms with Crippen LogP contribution >= 0.6 is 11.8 Å². The molecule has 1 heterocycles. The summed E-state index contributed by atoms with van der Waals surface area (Å²) in [6, 6.07) is 7.64. The summed E-state index contributed by atoms with van der Waals surface area (Å²) in [6.45, 7) is 4.96. The molecule has 1 saturated carbocycles. The summed E-state index contributed by atoms with van der Waals surface area (Å²) in [5.74, 6) is 0.848. The van der Waals surface area contributed by atoms with E-state index in [1.807, 2.05) is 24.3 Å². The molecule has 1 N–H and O–H groups in total. The molecule has 0 atom stereocenters. The lowest BCUT2D eigenvalue weighted by atomic mass is 10.1. The molecule has 1 aromatic heterocycles. The summed E-state index contributed by atoms with van der Waals surface area (Å²) in [5, 5.41) is 4.23. The number of hydrogen-bond acceptors (Lipinski definition) is 4. The van der Waals surface area contributed by atoms with Gasteiger partial charge in [-0.2, -0.15) is 0 Å². The van der Waals surface area contributed by atoms with Crippen molar-refractivity contribution >= 4 is 28.6 Å². The van der Waals surface area contributed by atoms with Crippen molar-refractivity contribution in [3.63, 3.8) is 0 Å². The lowest BCUT2D eigenvalue weighted by Crippen LogP contribution is -2.28. The highest BCUT2D eigenvalue weighted by Gasteiger charge is 2.28. The molecule has 3 rings (SSSR count). The molecule has 5 nitrogen and oxygen atoms in total. The molecule has 1 fully saturated rings. The molecule has 128 valence electrons. The first-order chi connectivity index (χ1) is 11.6. The van der Waals surface area contributed by atoms with Crippen LogP contribution in [-0.4, -0.2) is 27.8 Å². The molecule has 2 aromatic rings. The first-order valence-electron chi connectivity index (χ1n) is 8.47. The van der Waals surface area contributed by atoms with E-state index in [9.17, 15) is 9.59 Å². The van der Waals surface area contributed by atoms with Gasteiger partial charge in [-0.1, -0.05) is 37.7 Å². The maximum absolute atomic E-state index is 12.7. The van der Waals surface area contributed by atoms with Crippen LogP contribution in [0, 0.1) is 5.92 Å². The molecular formula is C18H23N3O2S. The van der Waals surface area contributed by atoms with Gasteiger partial charge in [-0.05, 0) is 37.3 Å². The standard InChI is InChI=1S/C18H23N3O2S/c1-12(2)9-10-19-16(22)11-24-18-20-15-6-4-3-5-14(15)17(23)21(18)13-7-8-13/h3-6,12-13H,7-11H2,1-2H3,(H,19,22). The second kappa shape index (κ2) is 7.38. The number of thioether (sulfide) groups is 1. The average Bonchev–Trinajstić information content (AvgIpc) is 3.37. The molecule has 0 aliphatic heterocycles. The zero-order chi connectivity index (χ0) is 17.1. The van der Waals surface area contributed by atoms with Gasteiger partial charge >= 0.3 is 0 Å². The smallest absolute Gasteiger partial charge is 0.262 e. The topological polar surface area (TPSA) is 64.0 Å². The second-order valence-electron chi connectivity index (χ2n) is 6.64. The predicted molar refractivity (Wildman–Crippen MR) is 97.5 cm³/mol. The minimum absolute atomic E-state index is 0.00539. The maximum atomic E-state index is 12.7. The van der Waals surface area contributed by atoms with Crippen LogP contribution in [0.3, 0.4) is 0 Å². The number of carbonyl (C=O) groups is 1. The van der Waals surface area contributed by atoms with Gasteiger partial charge in [0.05, 0.1) is 16.7 Å². The number of amides is 1. The zero-order valence-electron chi connectivity index (χ0n) is 14.1. The molecule has 0 unspecified atom stereocenters. The van der Waals surface area contributed by atoms with Crippen LogP contribution < -0.4 is 10.9 Å². The van der Waals surface area contributed by atoms with Crippen LogP contribution in [0.5, 0.6) is 0 Å². The van der Waals surface area contributed by atoms with E-state index in [1.54, 1.807) is 4.57 Å². The highest BCUT2D eigenvalue weighted by Crippen LogP contribution is 2.36. The lowest BCUT2D eigenvalue weighted by molar-refractivity contribution is -0.118.